The van der Waals surface area contributed by atoms with Gasteiger partial charge in [-0.25, -0.2) is 0 Å². The first-order valence-corrected chi connectivity index (χ1v) is 3.94. The molecule has 1 rings (SSSR count). The van der Waals surface area contributed by atoms with Gasteiger partial charge in [0.05, 0.1) is 26.2 Å². The maximum Gasteiger partial charge on any atom is 0.119 e. The number of benzene rings is 1. The topological polar surface area (TPSA) is 53.2 Å². The average Bonchev–Trinajstić information content (AvgIpc) is 2.17. The van der Waals surface area contributed by atoms with Gasteiger partial charge in [0.1, 0.15) is 5.75 Å². The minimum absolute atomic E-state index is 0.0321. The van der Waals surface area contributed by atoms with E-state index in [0.29, 0.717) is 12.2 Å². The van der Waals surface area contributed by atoms with Gasteiger partial charge >= 0.3 is 0 Å². The van der Waals surface area contributed by atoms with E-state index < -0.39 is 0 Å². The van der Waals surface area contributed by atoms with Crippen LogP contribution in [0.25, 0.3) is 0 Å². The number of nitrogens with zero attached hydrogens (tertiary/aromatic N) is 1. The van der Waals surface area contributed by atoms with Crippen LogP contribution in [0, 0.1) is 11.3 Å². The zero-order valence-corrected chi connectivity index (χ0v) is 7.45. The molecule has 0 fully saturated rings. The lowest BCUT2D eigenvalue weighted by molar-refractivity contribution is 0.281. The Balaban J connectivity index is 3.01. The summed E-state index contributed by atoms with van der Waals surface area (Å²) in [6.45, 7) is -0.0321. The molecule has 1 aromatic carbocycles. The van der Waals surface area contributed by atoms with E-state index in [2.05, 4.69) is 0 Å². The van der Waals surface area contributed by atoms with Crippen molar-refractivity contribution in [2.75, 3.05) is 7.11 Å². The second kappa shape index (κ2) is 4.48. The number of aliphatic hydroxyl groups excluding tert-OH is 1. The molecule has 0 atom stereocenters. The Morgan fingerprint density at radius 2 is 2.08 bits per heavy atom. The highest BCUT2D eigenvalue weighted by Crippen LogP contribution is 2.17. The van der Waals surface area contributed by atoms with Gasteiger partial charge in [0.15, 0.2) is 0 Å². The van der Waals surface area contributed by atoms with E-state index in [-0.39, 0.29) is 6.61 Å². The molecule has 68 valence electrons. The molecular weight excluding hydrogens is 166 g/mol. The predicted molar refractivity (Wildman–Crippen MR) is 48.2 cm³/mol. The third-order valence-electron chi connectivity index (χ3n) is 1.73. The van der Waals surface area contributed by atoms with Gasteiger partial charge in [-0.1, -0.05) is 6.07 Å². The number of nitriles is 1. The minimum Gasteiger partial charge on any atom is -0.497 e. The molecule has 1 N–H and O–H groups in total. The molecule has 0 amide bonds. The molecule has 13 heavy (non-hydrogen) atoms. The Kier molecular flexibility index (Phi) is 3.30. The molecule has 0 radical (unpaired) electrons. The van der Waals surface area contributed by atoms with Crippen LogP contribution in [0.1, 0.15) is 11.1 Å². The maximum atomic E-state index is 8.91. The normalized spacial score (nSPS) is 9.31. The number of methoxy groups -OCH3 is 1. The van der Waals surface area contributed by atoms with Crippen molar-refractivity contribution in [1.29, 1.82) is 5.26 Å². The number of hydrogen-bond donors (Lipinski definition) is 1. The van der Waals surface area contributed by atoms with Crippen LogP contribution in [0.2, 0.25) is 0 Å². The Morgan fingerprint density at radius 3 is 2.62 bits per heavy atom. The molecule has 0 aliphatic heterocycles. The summed E-state index contributed by atoms with van der Waals surface area (Å²) in [6.07, 6.45) is 0.337. The second-order valence-electron chi connectivity index (χ2n) is 2.68. The van der Waals surface area contributed by atoms with E-state index in [1.807, 2.05) is 6.07 Å². The fourth-order valence-electron chi connectivity index (χ4n) is 1.13. The zero-order valence-electron chi connectivity index (χ0n) is 7.45. The lowest BCUT2D eigenvalue weighted by atomic mass is 10.1. The first-order valence-electron chi connectivity index (χ1n) is 3.94. The third-order valence-corrected chi connectivity index (χ3v) is 1.73. The summed E-state index contributed by atoms with van der Waals surface area (Å²) in [7, 11) is 1.56. The monoisotopic (exact) mass is 177 g/mol. The van der Waals surface area contributed by atoms with Crippen molar-refractivity contribution in [3.05, 3.63) is 29.3 Å². The van der Waals surface area contributed by atoms with Gasteiger partial charge in [0, 0.05) is 0 Å². The molecule has 0 saturated carbocycles. The highest BCUT2D eigenvalue weighted by atomic mass is 16.5. The quantitative estimate of drug-likeness (QED) is 0.756. The number of rotatable bonds is 3. The van der Waals surface area contributed by atoms with Crippen molar-refractivity contribution >= 4 is 0 Å². The van der Waals surface area contributed by atoms with Gasteiger partial charge in [-0.15, -0.1) is 0 Å². The molecule has 0 unspecified atom stereocenters. The van der Waals surface area contributed by atoms with Gasteiger partial charge < -0.3 is 9.84 Å². The molecule has 1 aromatic rings. The van der Waals surface area contributed by atoms with Crippen molar-refractivity contribution in [2.24, 2.45) is 0 Å². The van der Waals surface area contributed by atoms with Crippen molar-refractivity contribution in [1.82, 2.24) is 0 Å². The summed E-state index contributed by atoms with van der Waals surface area (Å²) in [4.78, 5) is 0. The van der Waals surface area contributed by atoms with E-state index in [4.69, 9.17) is 15.1 Å². The third kappa shape index (κ3) is 2.46. The Labute approximate surface area is 77.2 Å². The van der Waals surface area contributed by atoms with E-state index in [9.17, 15) is 0 Å². The minimum atomic E-state index is -0.0321. The molecule has 3 heteroatoms. The first kappa shape index (κ1) is 9.56. The SMILES string of the molecule is COc1cc(CO)cc(CC#N)c1. The van der Waals surface area contributed by atoms with E-state index in [0.717, 1.165) is 11.1 Å². The summed E-state index contributed by atoms with van der Waals surface area (Å²) < 4.78 is 5.02. The van der Waals surface area contributed by atoms with E-state index >= 15 is 0 Å². The predicted octanol–water partition coefficient (Wildman–Crippen LogP) is 1.25. The molecule has 0 spiro atoms. The number of hydrogen-bond acceptors (Lipinski definition) is 3. The highest BCUT2D eigenvalue weighted by Gasteiger charge is 1.99. The summed E-state index contributed by atoms with van der Waals surface area (Å²) in [5.74, 6) is 0.678. The largest absolute Gasteiger partial charge is 0.497 e. The molecule has 0 aromatic heterocycles. The number of aliphatic hydroxyl groups is 1. The summed E-state index contributed by atoms with van der Waals surface area (Å²) in [5.41, 5.74) is 1.63. The maximum absolute atomic E-state index is 8.91. The van der Waals surface area contributed by atoms with Crippen molar-refractivity contribution < 1.29 is 9.84 Å². The van der Waals surface area contributed by atoms with E-state index in [1.165, 1.54) is 0 Å². The van der Waals surface area contributed by atoms with Crippen LogP contribution in [0.4, 0.5) is 0 Å². The average molecular weight is 177 g/mol. The van der Waals surface area contributed by atoms with Gasteiger partial charge in [0.2, 0.25) is 0 Å². The summed E-state index contributed by atoms with van der Waals surface area (Å²) in [6, 6.07) is 7.39. The smallest absolute Gasteiger partial charge is 0.119 e. The van der Waals surface area contributed by atoms with Crippen LogP contribution in [0.3, 0.4) is 0 Å². The Bertz CT molecular complexity index is 306. The van der Waals surface area contributed by atoms with Gasteiger partial charge in [-0.2, -0.15) is 5.26 Å². The van der Waals surface area contributed by atoms with Crippen molar-refractivity contribution in [3.63, 3.8) is 0 Å². The van der Waals surface area contributed by atoms with Crippen LogP contribution >= 0.6 is 0 Å². The van der Waals surface area contributed by atoms with Crippen molar-refractivity contribution in [2.45, 2.75) is 13.0 Å². The zero-order chi connectivity index (χ0) is 9.68. The molecule has 0 bridgehead atoms. The fourth-order valence-corrected chi connectivity index (χ4v) is 1.13. The summed E-state index contributed by atoms with van der Waals surface area (Å²) >= 11 is 0. The van der Waals surface area contributed by atoms with Crippen molar-refractivity contribution in [3.8, 4) is 11.8 Å². The van der Waals surface area contributed by atoms with Crippen LogP contribution in [0.5, 0.6) is 5.75 Å². The molecule has 0 saturated heterocycles. The van der Waals surface area contributed by atoms with Crippen LogP contribution < -0.4 is 4.74 Å². The highest BCUT2D eigenvalue weighted by molar-refractivity contribution is 5.35. The Hall–Kier alpha value is -1.53. The number of ether oxygens (including phenoxy) is 1. The standard InChI is InChI=1S/C10H11NO2/c1-13-10-5-8(2-3-11)4-9(6-10)7-12/h4-6,12H,2,7H2,1H3. The van der Waals surface area contributed by atoms with Crippen LogP contribution in [-0.4, -0.2) is 12.2 Å². The second-order valence-corrected chi connectivity index (χ2v) is 2.68. The van der Waals surface area contributed by atoms with Crippen LogP contribution in [0.15, 0.2) is 18.2 Å². The molecule has 3 nitrogen and oxygen atoms in total. The fraction of sp³-hybridized carbons (Fsp3) is 0.300. The lowest BCUT2D eigenvalue weighted by Crippen LogP contribution is -1.91. The molecule has 0 heterocycles. The lowest BCUT2D eigenvalue weighted by Gasteiger charge is -2.04. The van der Waals surface area contributed by atoms with Gasteiger partial charge in [-0.05, 0) is 23.3 Å². The molecule has 0 aliphatic carbocycles. The van der Waals surface area contributed by atoms with Gasteiger partial charge in [0.25, 0.3) is 0 Å². The first-order chi connectivity index (χ1) is 6.30. The molecule has 0 aliphatic rings. The Morgan fingerprint density at radius 1 is 1.38 bits per heavy atom. The summed E-state index contributed by atoms with van der Waals surface area (Å²) in [5, 5.41) is 17.4. The van der Waals surface area contributed by atoms with E-state index in [1.54, 1.807) is 25.3 Å². The molecular formula is C10H11NO2. The van der Waals surface area contributed by atoms with Crippen LogP contribution in [-0.2, 0) is 13.0 Å². The van der Waals surface area contributed by atoms with Gasteiger partial charge in [-0.3, -0.25) is 0 Å².